The van der Waals surface area contributed by atoms with Crippen LogP contribution in [0.15, 0.2) is 42.5 Å². The van der Waals surface area contributed by atoms with Gasteiger partial charge >= 0.3 is 0 Å². The van der Waals surface area contributed by atoms with Crippen LogP contribution in [0, 0.1) is 5.82 Å². The predicted molar refractivity (Wildman–Crippen MR) is 91.7 cm³/mol. The minimum Gasteiger partial charge on any atom is -1.00 e. The first-order valence-electron chi connectivity index (χ1n) is 7.84. The van der Waals surface area contributed by atoms with Crippen molar-refractivity contribution in [2.24, 2.45) is 0 Å². The second-order valence-corrected chi connectivity index (χ2v) is 6.26. The third-order valence-corrected chi connectivity index (χ3v) is 3.74. The number of methoxy groups -OCH3 is 1. The number of ether oxygens (including phenoxy) is 2. The monoisotopic (exact) mass is 368 g/mol. The van der Waals surface area contributed by atoms with E-state index in [1.54, 1.807) is 25.3 Å². The first-order valence-corrected chi connectivity index (χ1v) is 7.84. The zero-order valence-corrected chi connectivity index (χ0v) is 15.4. The molecule has 0 aliphatic heterocycles. The first kappa shape index (κ1) is 21.2. The predicted octanol–water partition coefficient (Wildman–Crippen LogP) is 0.278. The number of aliphatic hydroxyl groups is 1. The van der Waals surface area contributed by atoms with Crippen molar-refractivity contribution >= 4 is 0 Å². The lowest BCUT2D eigenvalue weighted by Gasteiger charge is -2.23. The number of halogens is 2. The summed E-state index contributed by atoms with van der Waals surface area (Å²) < 4.78 is 24.7. The summed E-state index contributed by atoms with van der Waals surface area (Å²) in [4.78, 5) is 0. The van der Waals surface area contributed by atoms with Crippen LogP contribution in [0.4, 0.5) is 4.39 Å². The van der Waals surface area contributed by atoms with Gasteiger partial charge in [-0.05, 0) is 37.6 Å². The van der Waals surface area contributed by atoms with E-state index in [0.29, 0.717) is 23.6 Å². The van der Waals surface area contributed by atoms with Crippen LogP contribution in [-0.2, 0) is 13.2 Å². The fourth-order valence-corrected chi connectivity index (χ4v) is 2.11. The summed E-state index contributed by atoms with van der Waals surface area (Å²) in [6.07, 6.45) is 0. The molecule has 0 bridgehead atoms. The van der Waals surface area contributed by atoms with E-state index >= 15 is 0 Å². The number of rotatable bonds is 8. The number of benzene rings is 2. The van der Waals surface area contributed by atoms with E-state index in [0.717, 1.165) is 5.56 Å². The maximum atomic E-state index is 13.6. The highest BCUT2D eigenvalue weighted by Crippen LogP contribution is 2.29. The maximum Gasteiger partial charge on any atom is 0.161 e. The lowest BCUT2D eigenvalue weighted by atomic mass is 10.1. The molecule has 0 radical (unpaired) electrons. The number of hydrogen-bond acceptors (Lipinski definition) is 4. The van der Waals surface area contributed by atoms with Crippen LogP contribution in [0.1, 0.15) is 25.0 Å². The molecular formula is C19H24ClFNO3-. The van der Waals surface area contributed by atoms with Crippen molar-refractivity contribution in [1.82, 2.24) is 5.32 Å². The van der Waals surface area contributed by atoms with Gasteiger partial charge in [-0.25, -0.2) is 4.39 Å². The van der Waals surface area contributed by atoms with Gasteiger partial charge in [0.15, 0.2) is 11.5 Å². The van der Waals surface area contributed by atoms with Gasteiger partial charge in [0.2, 0.25) is 0 Å². The lowest BCUT2D eigenvalue weighted by Crippen LogP contribution is -3.00. The summed E-state index contributed by atoms with van der Waals surface area (Å²) in [6.45, 7) is 4.63. The average molecular weight is 369 g/mol. The van der Waals surface area contributed by atoms with E-state index in [1.165, 1.54) is 6.07 Å². The van der Waals surface area contributed by atoms with E-state index < -0.39 is 0 Å². The van der Waals surface area contributed by atoms with Gasteiger partial charge in [-0.1, -0.05) is 24.3 Å². The number of aliphatic hydroxyl groups excluding tert-OH is 1. The Bertz CT molecular complexity index is 679. The van der Waals surface area contributed by atoms with Crippen molar-refractivity contribution in [3.63, 3.8) is 0 Å². The Morgan fingerprint density at radius 1 is 1.12 bits per heavy atom. The number of nitrogens with one attached hydrogen (secondary N) is 1. The summed E-state index contributed by atoms with van der Waals surface area (Å²) in [5, 5.41) is 12.5. The van der Waals surface area contributed by atoms with Gasteiger partial charge < -0.3 is 32.3 Å². The molecule has 0 atom stereocenters. The average Bonchev–Trinajstić information content (AvgIpc) is 2.59. The Kier molecular flexibility index (Phi) is 8.16. The Balaban J connectivity index is 0.00000312. The molecule has 0 aliphatic rings. The molecule has 4 nitrogen and oxygen atoms in total. The lowest BCUT2D eigenvalue weighted by molar-refractivity contribution is -0.00000717. The van der Waals surface area contributed by atoms with Crippen molar-refractivity contribution in [2.45, 2.75) is 32.5 Å². The maximum absolute atomic E-state index is 13.6. The van der Waals surface area contributed by atoms with Gasteiger partial charge in [-0.15, -0.1) is 0 Å². The van der Waals surface area contributed by atoms with Crippen LogP contribution in [0.25, 0.3) is 0 Å². The Labute approximate surface area is 154 Å². The van der Waals surface area contributed by atoms with Crippen molar-refractivity contribution in [3.05, 3.63) is 59.4 Å². The smallest absolute Gasteiger partial charge is 0.161 e. The highest BCUT2D eigenvalue weighted by atomic mass is 35.5. The normalized spacial score (nSPS) is 10.9. The van der Waals surface area contributed by atoms with Gasteiger partial charge in [0.25, 0.3) is 0 Å². The minimum absolute atomic E-state index is 0. The summed E-state index contributed by atoms with van der Waals surface area (Å²) in [6, 6.07) is 12.1. The fraction of sp³-hybridized carbons (Fsp3) is 0.368. The molecule has 0 aliphatic carbocycles. The summed E-state index contributed by atoms with van der Waals surface area (Å²) in [7, 11) is 1.57. The molecule has 0 unspecified atom stereocenters. The van der Waals surface area contributed by atoms with Crippen LogP contribution < -0.4 is 27.2 Å². The number of hydrogen-bond donors (Lipinski definition) is 2. The summed E-state index contributed by atoms with van der Waals surface area (Å²) in [5.41, 5.74) is 1.15. The molecule has 0 fully saturated rings. The van der Waals surface area contributed by atoms with E-state index in [-0.39, 0.29) is 37.0 Å². The van der Waals surface area contributed by atoms with Crippen molar-refractivity contribution < 1.29 is 31.4 Å². The molecule has 2 rings (SSSR count). The van der Waals surface area contributed by atoms with E-state index in [1.807, 2.05) is 32.0 Å². The van der Waals surface area contributed by atoms with Crippen molar-refractivity contribution in [2.75, 3.05) is 13.7 Å². The topological polar surface area (TPSA) is 50.7 Å². The van der Waals surface area contributed by atoms with E-state index in [9.17, 15) is 9.50 Å². The minimum atomic E-state index is -0.354. The van der Waals surface area contributed by atoms with Crippen LogP contribution in [0.2, 0.25) is 0 Å². The molecule has 2 aromatic rings. The van der Waals surface area contributed by atoms with Crippen LogP contribution in [0.5, 0.6) is 11.5 Å². The van der Waals surface area contributed by atoms with E-state index in [4.69, 9.17) is 9.47 Å². The van der Waals surface area contributed by atoms with Crippen molar-refractivity contribution in [1.29, 1.82) is 0 Å². The van der Waals surface area contributed by atoms with Gasteiger partial charge in [0.1, 0.15) is 12.4 Å². The molecule has 0 spiro atoms. The largest absolute Gasteiger partial charge is 1.00 e. The molecule has 0 heterocycles. The molecule has 2 N–H and O–H groups in total. The van der Waals surface area contributed by atoms with Crippen molar-refractivity contribution in [3.8, 4) is 11.5 Å². The van der Waals surface area contributed by atoms with Gasteiger partial charge in [-0.3, -0.25) is 0 Å². The molecule has 138 valence electrons. The summed E-state index contributed by atoms with van der Waals surface area (Å²) >= 11 is 0. The molecule has 25 heavy (non-hydrogen) atoms. The van der Waals surface area contributed by atoms with E-state index in [2.05, 4.69) is 5.32 Å². The molecule has 0 aromatic heterocycles. The molecule has 2 aromatic carbocycles. The molecular weight excluding hydrogens is 345 g/mol. The Morgan fingerprint density at radius 2 is 1.84 bits per heavy atom. The molecule has 0 saturated carbocycles. The standard InChI is InChI=1S/C19H24FNO3.ClH/c1-19(2,13-22)21-11-14-8-9-17(18(10-14)23-3)24-12-15-6-4-5-7-16(15)20;/h4-10,21-22H,11-13H2,1-3H3;1H/p-1. The second kappa shape index (κ2) is 9.61. The molecule has 0 amide bonds. The Morgan fingerprint density at radius 3 is 2.48 bits per heavy atom. The summed E-state index contributed by atoms with van der Waals surface area (Å²) in [5.74, 6) is 0.863. The van der Waals surface area contributed by atoms with Crippen LogP contribution in [-0.4, -0.2) is 24.4 Å². The molecule has 0 saturated heterocycles. The SMILES string of the molecule is COc1cc(CNC(C)(C)CO)ccc1OCc1ccccc1F.[Cl-]. The highest BCUT2D eigenvalue weighted by molar-refractivity contribution is 5.43. The third kappa shape index (κ3) is 6.20. The highest BCUT2D eigenvalue weighted by Gasteiger charge is 2.15. The van der Waals surface area contributed by atoms with Crippen LogP contribution >= 0.6 is 0 Å². The quantitative estimate of drug-likeness (QED) is 0.702. The van der Waals surface area contributed by atoms with Gasteiger partial charge in [0.05, 0.1) is 13.7 Å². The zero-order valence-electron chi connectivity index (χ0n) is 14.7. The zero-order chi connectivity index (χ0) is 17.6. The van der Waals surface area contributed by atoms with Crippen LogP contribution in [0.3, 0.4) is 0 Å². The Hall–Kier alpha value is -1.82. The van der Waals surface area contributed by atoms with Gasteiger partial charge in [-0.2, -0.15) is 0 Å². The third-order valence-electron chi connectivity index (χ3n) is 3.74. The first-order chi connectivity index (χ1) is 11.4. The fourth-order valence-electron chi connectivity index (χ4n) is 2.11. The second-order valence-electron chi connectivity index (χ2n) is 6.26. The molecule has 6 heteroatoms. The van der Waals surface area contributed by atoms with Gasteiger partial charge in [0, 0.05) is 17.6 Å².